The largest absolute Gasteiger partial charge is 0.371 e. The van der Waals surface area contributed by atoms with Gasteiger partial charge in [0, 0.05) is 13.6 Å². The van der Waals surface area contributed by atoms with Gasteiger partial charge in [0.2, 0.25) is 5.91 Å². The standard InChI is InChI=1S/C13H28N2O2S/c1-10(17-13(2,3)4)11(14)12(16)15(5)8-7-9-18-6/h10-11H,7-9,14H2,1-6H3/t10-,11+/m1/s1. The Morgan fingerprint density at radius 1 is 1.44 bits per heavy atom. The molecule has 0 aromatic heterocycles. The summed E-state index contributed by atoms with van der Waals surface area (Å²) in [6, 6.07) is -0.594. The van der Waals surface area contributed by atoms with E-state index >= 15 is 0 Å². The molecule has 108 valence electrons. The zero-order valence-electron chi connectivity index (χ0n) is 12.5. The number of carbonyl (C=O) groups is 1. The lowest BCUT2D eigenvalue weighted by molar-refractivity contribution is -0.138. The topological polar surface area (TPSA) is 55.6 Å². The van der Waals surface area contributed by atoms with Crippen molar-refractivity contribution in [1.82, 2.24) is 4.90 Å². The summed E-state index contributed by atoms with van der Waals surface area (Å²) >= 11 is 1.78. The lowest BCUT2D eigenvalue weighted by Gasteiger charge is -2.30. The van der Waals surface area contributed by atoms with E-state index in [2.05, 4.69) is 6.26 Å². The van der Waals surface area contributed by atoms with E-state index in [1.165, 1.54) is 0 Å². The van der Waals surface area contributed by atoms with Gasteiger partial charge in [0.15, 0.2) is 0 Å². The number of amides is 1. The van der Waals surface area contributed by atoms with E-state index < -0.39 is 6.04 Å². The highest BCUT2D eigenvalue weighted by Crippen LogP contribution is 2.13. The Morgan fingerprint density at radius 3 is 2.44 bits per heavy atom. The highest BCUT2D eigenvalue weighted by atomic mass is 32.2. The van der Waals surface area contributed by atoms with Gasteiger partial charge in [-0.2, -0.15) is 11.8 Å². The summed E-state index contributed by atoms with van der Waals surface area (Å²) in [6.07, 6.45) is 2.78. The molecule has 18 heavy (non-hydrogen) atoms. The molecule has 0 radical (unpaired) electrons. The van der Waals surface area contributed by atoms with Crippen LogP contribution < -0.4 is 5.73 Å². The molecular weight excluding hydrogens is 248 g/mol. The van der Waals surface area contributed by atoms with Crippen LogP contribution in [0.4, 0.5) is 0 Å². The molecule has 0 heterocycles. The molecule has 0 aliphatic carbocycles. The van der Waals surface area contributed by atoms with Crippen molar-refractivity contribution in [3.63, 3.8) is 0 Å². The number of hydrogen-bond acceptors (Lipinski definition) is 4. The van der Waals surface area contributed by atoms with Crippen LogP contribution >= 0.6 is 11.8 Å². The maximum Gasteiger partial charge on any atom is 0.241 e. The molecule has 5 heteroatoms. The SMILES string of the molecule is CSCCCN(C)C(=O)[C@@H](N)[C@@H](C)OC(C)(C)C. The van der Waals surface area contributed by atoms with Crippen molar-refractivity contribution in [2.24, 2.45) is 5.73 Å². The highest BCUT2D eigenvalue weighted by Gasteiger charge is 2.27. The summed E-state index contributed by atoms with van der Waals surface area (Å²) in [7, 11) is 1.80. The Kier molecular flexibility index (Phi) is 7.90. The highest BCUT2D eigenvalue weighted by molar-refractivity contribution is 7.98. The zero-order chi connectivity index (χ0) is 14.3. The minimum atomic E-state index is -0.594. The van der Waals surface area contributed by atoms with E-state index in [1.807, 2.05) is 27.7 Å². The van der Waals surface area contributed by atoms with Crippen LogP contribution in [0.25, 0.3) is 0 Å². The average molecular weight is 276 g/mol. The van der Waals surface area contributed by atoms with Gasteiger partial charge in [-0.1, -0.05) is 0 Å². The molecular formula is C13H28N2O2S. The molecule has 0 aromatic carbocycles. The number of nitrogens with zero attached hydrogens (tertiary/aromatic N) is 1. The minimum Gasteiger partial charge on any atom is -0.371 e. The van der Waals surface area contributed by atoms with Gasteiger partial charge in [-0.05, 0) is 46.1 Å². The van der Waals surface area contributed by atoms with Crippen LogP contribution in [-0.4, -0.2) is 54.2 Å². The molecule has 0 saturated carbocycles. The molecule has 0 aliphatic heterocycles. The molecule has 0 unspecified atom stereocenters. The molecule has 4 nitrogen and oxygen atoms in total. The molecule has 0 saturated heterocycles. The molecule has 0 rings (SSSR count). The van der Waals surface area contributed by atoms with E-state index in [1.54, 1.807) is 23.7 Å². The second kappa shape index (κ2) is 8.02. The van der Waals surface area contributed by atoms with Crippen LogP contribution in [0.15, 0.2) is 0 Å². The van der Waals surface area contributed by atoms with E-state index in [9.17, 15) is 4.79 Å². The fourth-order valence-electron chi connectivity index (χ4n) is 1.64. The first kappa shape index (κ1) is 17.7. The van der Waals surface area contributed by atoms with E-state index in [-0.39, 0.29) is 17.6 Å². The number of likely N-dealkylation sites (N-methyl/N-ethyl adjacent to an activating group) is 1. The number of hydrogen-bond donors (Lipinski definition) is 1. The summed E-state index contributed by atoms with van der Waals surface area (Å²) in [4.78, 5) is 13.8. The van der Waals surface area contributed by atoms with Gasteiger partial charge in [-0.25, -0.2) is 0 Å². The predicted octanol–water partition coefficient (Wildman–Crippen LogP) is 1.73. The lowest BCUT2D eigenvalue weighted by atomic mass is 10.1. The van der Waals surface area contributed by atoms with Crippen LogP contribution in [0, 0.1) is 0 Å². The van der Waals surface area contributed by atoms with Gasteiger partial charge in [-0.15, -0.1) is 0 Å². The van der Waals surface area contributed by atoms with Gasteiger partial charge in [0.05, 0.1) is 11.7 Å². The molecule has 0 spiro atoms. The van der Waals surface area contributed by atoms with Crippen LogP contribution in [0.3, 0.4) is 0 Å². The van der Waals surface area contributed by atoms with Crippen LogP contribution in [0.5, 0.6) is 0 Å². The molecule has 0 bridgehead atoms. The molecule has 0 aromatic rings. The van der Waals surface area contributed by atoms with Gasteiger partial charge >= 0.3 is 0 Å². The third-order valence-electron chi connectivity index (χ3n) is 2.55. The number of carbonyl (C=O) groups excluding carboxylic acids is 1. The first-order valence-corrected chi connectivity index (χ1v) is 7.75. The predicted molar refractivity (Wildman–Crippen MR) is 78.9 cm³/mol. The van der Waals surface area contributed by atoms with Crippen molar-refractivity contribution in [1.29, 1.82) is 0 Å². The Bertz CT molecular complexity index is 254. The van der Waals surface area contributed by atoms with Gasteiger partial charge < -0.3 is 15.4 Å². The molecule has 2 N–H and O–H groups in total. The van der Waals surface area contributed by atoms with Gasteiger partial charge in [-0.3, -0.25) is 4.79 Å². The van der Waals surface area contributed by atoms with Crippen molar-refractivity contribution < 1.29 is 9.53 Å². The number of nitrogens with two attached hydrogens (primary N) is 1. The summed E-state index contributed by atoms with van der Waals surface area (Å²) in [6.45, 7) is 8.48. The maximum atomic E-state index is 12.1. The second-order valence-corrected chi connectivity index (χ2v) is 6.55. The second-order valence-electron chi connectivity index (χ2n) is 5.57. The van der Waals surface area contributed by atoms with Crippen molar-refractivity contribution in [2.45, 2.75) is 51.9 Å². The number of thioether (sulfide) groups is 1. The van der Waals surface area contributed by atoms with Gasteiger partial charge in [0.1, 0.15) is 6.04 Å². The monoisotopic (exact) mass is 276 g/mol. The van der Waals surface area contributed by atoms with Crippen LogP contribution in [0.1, 0.15) is 34.1 Å². The van der Waals surface area contributed by atoms with E-state index in [4.69, 9.17) is 10.5 Å². The third-order valence-corrected chi connectivity index (χ3v) is 3.25. The number of rotatable bonds is 7. The Hall–Kier alpha value is -0.260. The third kappa shape index (κ3) is 7.24. The average Bonchev–Trinajstić information content (AvgIpc) is 2.24. The molecule has 2 atom stereocenters. The van der Waals surface area contributed by atoms with Crippen molar-refractivity contribution in [3.8, 4) is 0 Å². The maximum absolute atomic E-state index is 12.1. The van der Waals surface area contributed by atoms with E-state index in [0.717, 1.165) is 18.7 Å². The Balaban J connectivity index is 4.23. The van der Waals surface area contributed by atoms with Crippen molar-refractivity contribution >= 4 is 17.7 Å². The van der Waals surface area contributed by atoms with Crippen LogP contribution in [-0.2, 0) is 9.53 Å². The van der Waals surface area contributed by atoms with E-state index in [0.29, 0.717) is 0 Å². The Labute approximate surface area is 116 Å². The first-order chi connectivity index (χ1) is 8.19. The normalized spacial score (nSPS) is 15.3. The lowest BCUT2D eigenvalue weighted by Crippen LogP contribution is -2.50. The summed E-state index contributed by atoms with van der Waals surface area (Å²) < 4.78 is 5.72. The number of ether oxygens (including phenoxy) is 1. The first-order valence-electron chi connectivity index (χ1n) is 6.36. The smallest absolute Gasteiger partial charge is 0.241 e. The molecule has 0 fully saturated rings. The van der Waals surface area contributed by atoms with Crippen molar-refractivity contribution in [3.05, 3.63) is 0 Å². The molecule has 0 aliphatic rings. The summed E-state index contributed by atoms with van der Waals surface area (Å²) in [5, 5.41) is 0. The summed E-state index contributed by atoms with van der Waals surface area (Å²) in [5.74, 6) is 1.01. The zero-order valence-corrected chi connectivity index (χ0v) is 13.3. The summed E-state index contributed by atoms with van der Waals surface area (Å²) in [5.41, 5.74) is 5.67. The quantitative estimate of drug-likeness (QED) is 0.720. The Morgan fingerprint density at radius 2 is 2.00 bits per heavy atom. The van der Waals surface area contributed by atoms with Crippen LogP contribution in [0.2, 0.25) is 0 Å². The van der Waals surface area contributed by atoms with Crippen molar-refractivity contribution in [2.75, 3.05) is 25.6 Å². The molecule has 1 amide bonds. The fraction of sp³-hybridized carbons (Fsp3) is 0.923. The van der Waals surface area contributed by atoms with Gasteiger partial charge in [0.25, 0.3) is 0 Å². The fourth-order valence-corrected chi connectivity index (χ4v) is 2.06. The minimum absolute atomic E-state index is 0.0483.